The first kappa shape index (κ1) is 19.2. The first-order chi connectivity index (χ1) is 11.8. The van der Waals surface area contributed by atoms with Crippen molar-refractivity contribution in [1.29, 1.82) is 0 Å². The van der Waals surface area contributed by atoms with Crippen LogP contribution in [-0.4, -0.2) is 48.1 Å². The number of nitrogens with zero attached hydrogens (tertiary/aromatic N) is 1. The molecule has 0 aliphatic carbocycles. The first-order valence-corrected chi connectivity index (χ1v) is 8.02. The Kier molecular flexibility index (Phi) is 6.41. The van der Waals surface area contributed by atoms with Gasteiger partial charge < -0.3 is 15.0 Å². The second kappa shape index (κ2) is 8.33. The Balaban J connectivity index is 1.96. The lowest BCUT2D eigenvalue weighted by Crippen LogP contribution is -2.58. The highest BCUT2D eigenvalue weighted by molar-refractivity contribution is 5.78. The van der Waals surface area contributed by atoms with E-state index in [1.807, 2.05) is 18.2 Å². The van der Waals surface area contributed by atoms with Gasteiger partial charge in [0.1, 0.15) is 12.6 Å². The summed E-state index contributed by atoms with van der Waals surface area (Å²) in [6.07, 6.45) is -4.56. The Morgan fingerprint density at radius 2 is 1.92 bits per heavy atom. The Morgan fingerprint density at radius 3 is 2.52 bits per heavy atom. The summed E-state index contributed by atoms with van der Waals surface area (Å²) in [7, 11) is 0. The number of ether oxygens (including phenoxy) is 1. The molecule has 1 N–H and O–H groups in total. The maximum Gasteiger partial charge on any atom is 0.408 e. The Hall–Kier alpha value is -2.09. The van der Waals surface area contributed by atoms with Crippen molar-refractivity contribution in [3.8, 4) is 0 Å². The predicted molar refractivity (Wildman–Crippen MR) is 84.5 cm³/mol. The zero-order valence-electron chi connectivity index (χ0n) is 13.9. The lowest BCUT2D eigenvalue weighted by atomic mass is 9.97. The number of piperidine rings is 1. The molecule has 1 aromatic rings. The molecule has 1 aliphatic heterocycles. The number of benzene rings is 1. The number of hydrogen-bond acceptors (Lipinski definition) is 3. The topological polar surface area (TPSA) is 58.6 Å². The molecule has 1 heterocycles. The smallest absolute Gasteiger partial charge is 0.367 e. The molecule has 0 unspecified atom stereocenters. The van der Waals surface area contributed by atoms with Gasteiger partial charge in [-0.15, -0.1) is 0 Å². The van der Waals surface area contributed by atoms with Crippen LogP contribution in [0.5, 0.6) is 0 Å². The van der Waals surface area contributed by atoms with Gasteiger partial charge in [0, 0.05) is 19.5 Å². The van der Waals surface area contributed by atoms with Crippen LogP contribution in [0, 0.1) is 0 Å². The van der Waals surface area contributed by atoms with Crippen LogP contribution >= 0.6 is 0 Å². The minimum atomic E-state index is -4.50. The molecule has 2 amide bonds. The molecule has 0 bridgehead atoms. The van der Waals surface area contributed by atoms with E-state index in [4.69, 9.17) is 4.74 Å². The van der Waals surface area contributed by atoms with E-state index in [0.29, 0.717) is 0 Å². The predicted octanol–water partition coefficient (Wildman–Crippen LogP) is 2.26. The molecule has 1 aromatic carbocycles. The SMILES string of the molecule is CC(=O)N[C@@H]1CC[C@H](C(F)(F)F)N(C(=O)COCc2ccccc2)C1. The van der Waals surface area contributed by atoms with E-state index in [0.717, 1.165) is 10.5 Å². The first-order valence-electron chi connectivity index (χ1n) is 8.02. The van der Waals surface area contributed by atoms with Gasteiger partial charge in [-0.05, 0) is 18.4 Å². The number of carbonyl (C=O) groups is 2. The summed E-state index contributed by atoms with van der Waals surface area (Å²) < 4.78 is 44.9. The van der Waals surface area contributed by atoms with Crippen LogP contribution in [-0.2, 0) is 20.9 Å². The van der Waals surface area contributed by atoms with Crippen molar-refractivity contribution in [2.75, 3.05) is 13.2 Å². The maximum atomic E-state index is 13.2. The summed E-state index contributed by atoms with van der Waals surface area (Å²) >= 11 is 0. The zero-order chi connectivity index (χ0) is 18.4. The number of halogens is 3. The summed E-state index contributed by atoms with van der Waals surface area (Å²) in [4.78, 5) is 24.2. The van der Waals surface area contributed by atoms with Crippen molar-refractivity contribution in [1.82, 2.24) is 10.2 Å². The van der Waals surface area contributed by atoms with Crippen molar-refractivity contribution in [3.05, 3.63) is 35.9 Å². The van der Waals surface area contributed by atoms with Crippen molar-refractivity contribution < 1.29 is 27.5 Å². The Labute approximate surface area is 144 Å². The highest BCUT2D eigenvalue weighted by Gasteiger charge is 2.48. The monoisotopic (exact) mass is 358 g/mol. The zero-order valence-corrected chi connectivity index (χ0v) is 13.9. The van der Waals surface area contributed by atoms with E-state index in [1.54, 1.807) is 12.1 Å². The normalized spacial score (nSPS) is 21.0. The van der Waals surface area contributed by atoms with Crippen LogP contribution < -0.4 is 5.32 Å². The third-order valence-electron chi connectivity index (χ3n) is 4.02. The molecule has 5 nitrogen and oxygen atoms in total. The molecule has 2 atom stereocenters. The minimum absolute atomic E-state index is 0.145. The summed E-state index contributed by atoms with van der Waals surface area (Å²) in [5, 5.41) is 2.58. The second-order valence-electron chi connectivity index (χ2n) is 6.06. The number of carbonyl (C=O) groups excluding carboxylic acids is 2. The molecule has 2 rings (SSSR count). The van der Waals surface area contributed by atoms with Crippen LogP contribution in [0.25, 0.3) is 0 Å². The summed E-state index contributed by atoms with van der Waals surface area (Å²) in [6.45, 7) is 0.836. The fourth-order valence-electron chi connectivity index (χ4n) is 2.91. The maximum absolute atomic E-state index is 13.2. The molecule has 1 fully saturated rings. The van der Waals surface area contributed by atoms with E-state index in [-0.39, 0.29) is 31.9 Å². The molecule has 138 valence electrons. The molecule has 25 heavy (non-hydrogen) atoms. The number of amides is 2. The highest BCUT2D eigenvalue weighted by atomic mass is 19.4. The van der Waals surface area contributed by atoms with Gasteiger partial charge in [-0.1, -0.05) is 30.3 Å². The molecule has 0 saturated carbocycles. The van der Waals surface area contributed by atoms with Crippen LogP contribution in [0.3, 0.4) is 0 Å². The van der Waals surface area contributed by atoms with Crippen LogP contribution in [0.2, 0.25) is 0 Å². The molecule has 0 spiro atoms. The molecule has 0 radical (unpaired) electrons. The molecule has 1 aliphatic rings. The number of rotatable bonds is 5. The van der Waals surface area contributed by atoms with E-state index in [2.05, 4.69) is 5.32 Å². The van der Waals surface area contributed by atoms with E-state index < -0.39 is 30.8 Å². The lowest BCUT2D eigenvalue weighted by molar-refractivity contribution is -0.199. The van der Waals surface area contributed by atoms with Gasteiger partial charge in [-0.3, -0.25) is 9.59 Å². The van der Waals surface area contributed by atoms with Crippen LogP contribution in [0.1, 0.15) is 25.3 Å². The van der Waals surface area contributed by atoms with Gasteiger partial charge in [0.2, 0.25) is 11.8 Å². The number of alkyl halides is 3. The third-order valence-corrected chi connectivity index (χ3v) is 4.02. The van der Waals surface area contributed by atoms with E-state index in [1.165, 1.54) is 6.92 Å². The minimum Gasteiger partial charge on any atom is -0.367 e. The number of hydrogen-bond donors (Lipinski definition) is 1. The number of likely N-dealkylation sites (tertiary alicyclic amines) is 1. The second-order valence-corrected chi connectivity index (χ2v) is 6.06. The number of nitrogens with one attached hydrogen (secondary N) is 1. The van der Waals surface area contributed by atoms with Crippen molar-refractivity contribution >= 4 is 11.8 Å². The van der Waals surface area contributed by atoms with Gasteiger partial charge in [0.25, 0.3) is 0 Å². The van der Waals surface area contributed by atoms with Crippen molar-refractivity contribution in [3.63, 3.8) is 0 Å². The quantitative estimate of drug-likeness (QED) is 0.878. The molecule has 0 aromatic heterocycles. The Morgan fingerprint density at radius 1 is 1.24 bits per heavy atom. The summed E-state index contributed by atoms with van der Waals surface area (Å²) in [5.41, 5.74) is 0.831. The van der Waals surface area contributed by atoms with Crippen molar-refractivity contribution in [2.45, 2.75) is 44.6 Å². The average molecular weight is 358 g/mol. The summed E-state index contributed by atoms with van der Waals surface area (Å²) in [6, 6.07) is 6.73. The standard InChI is InChI=1S/C17H21F3N2O3/c1-12(23)21-14-7-8-15(17(18,19)20)22(9-14)16(24)11-25-10-13-5-3-2-4-6-13/h2-6,14-15H,7-11H2,1H3,(H,21,23)/t14-,15-/m1/s1. The van der Waals surface area contributed by atoms with Crippen LogP contribution in [0.15, 0.2) is 30.3 Å². The van der Waals surface area contributed by atoms with Gasteiger partial charge in [0.05, 0.1) is 6.61 Å². The van der Waals surface area contributed by atoms with Gasteiger partial charge in [-0.25, -0.2) is 0 Å². The lowest BCUT2D eigenvalue weighted by Gasteiger charge is -2.40. The van der Waals surface area contributed by atoms with Crippen LogP contribution in [0.4, 0.5) is 13.2 Å². The van der Waals surface area contributed by atoms with Gasteiger partial charge in [0.15, 0.2) is 0 Å². The highest BCUT2D eigenvalue weighted by Crippen LogP contribution is 2.32. The Bertz CT molecular complexity index is 593. The van der Waals surface area contributed by atoms with E-state index in [9.17, 15) is 22.8 Å². The molecule has 8 heteroatoms. The van der Waals surface area contributed by atoms with E-state index >= 15 is 0 Å². The van der Waals surface area contributed by atoms with Crippen molar-refractivity contribution in [2.24, 2.45) is 0 Å². The van der Waals surface area contributed by atoms with Gasteiger partial charge in [-0.2, -0.15) is 13.2 Å². The fraction of sp³-hybridized carbons (Fsp3) is 0.529. The largest absolute Gasteiger partial charge is 0.408 e. The molecule has 1 saturated heterocycles. The average Bonchev–Trinajstić information content (AvgIpc) is 2.54. The molecular formula is C17H21F3N2O3. The van der Waals surface area contributed by atoms with Gasteiger partial charge >= 0.3 is 6.18 Å². The molecular weight excluding hydrogens is 337 g/mol. The summed E-state index contributed by atoms with van der Waals surface area (Å²) in [5.74, 6) is -1.06. The fourth-order valence-corrected chi connectivity index (χ4v) is 2.91. The third kappa shape index (κ3) is 5.74.